The lowest BCUT2D eigenvalue weighted by atomic mass is 10.4. The van der Waals surface area contributed by atoms with Gasteiger partial charge >= 0.3 is 0 Å². The van der Waals surface area contributed by atoms with Crippen LogP contribution in [0.4, 0.5) is 0 Å². The van der Waals surface area contributed by atoms with Crippen LogP contribution >= 0.6 is 0 Å². The average molecular weight is 214 g/mol. The zero-order valence-corrected chi connectivity index (χ0v) is 11.1. The van der Waals surface area contributed by atoms with E-state index in [0.717, 1.165) is 13.0 Å². The molecule has 0 aliphatic heterocycles. The lowest BCUT2D eigenvalue weighted by Gasteiger charge is -2.11. The highest BCUT2D eigenvalue weighted by Gasteiger charge is 1.99. The van der Waals surface area contributed by atoms with Crippen LogP contribution < -0.4 is 0 Å². The zero-order chi connectivity index (χ0) is 12.7. The van der Waals surface area contributed by atoms with Crippen molar-refractivity contribution < 1.29 is 4.79 Å². The topological polar surface area (TPSA) is 44.1 Å². The molecule has 3 heteroatoms. The smallest absolute Gasteiger partial charge is 0.222 e. The minimum absolute atomic E-state index is 0.215. The first-order chi connectivity index (χ1) is 7.13. The fourth-order valence-corrected chi connectivity index (χ4v) is 0.558. The lowest BCUT2D eigenvalue weighted by Crippen LogP contribution is -2.24. The van der Waals surface area contributed by atoms with Gasteiger partial charge in [0, 0.05) is 26.4 Å². The van der Waals surface area contributed by atoms with E-state index in [9.17, 15) is 4.79 Å². The number of nitriles is 1. The Kier molecular flexibility index (Phi) is 24.3. The van der Waals surface area contributed by atoms with Crippen LogP contribution in [0.1, 0.15) is 53.9 Å². The number of amides is 1. The fourth-order valence-electron chi connectivity index (χ4n) is 0.558. The Morgan fingerprint density at radius 2 is 1.73 bits per heavy atom. The second-order valence-corrected chi connectivity index (χ2v) is 2.67. The van der Waals surface area contributed by atoms with Gasteiger partial charge in [-0.1, -0.05) is 27.7 Å². The first-order valence-electron chi connectivity index (χ1n) is 5.74. The van der Waals surface area contributed by atoms with E-state index in [1.807, 2.05) is 47.7 Å². The number of carbonyl (C=O) groups excluding carboxylic acids is 1. The van der Waals surface area contributed by atoms with Crippen LogP contribution in [0.15, 0.2) is 0 Å². The average Bonchev–Trinajstić information content (AvgIpc) is 2.31. The van der Waals surface area contributed by atoms with Gasteiger partial charge in [-0.05, 0) is 13.3 Å². The van der Waals surface area contributed by atoms with Crippen molar-refractivity contribution in [1.82, 2.24) is 4.90 Å². The summed E-state index contributed by atoms with van der Waals surface area (Å²) in [4.78, 5) is 12.4. The molecule has 0 aromatic carbocycles. The number of carbonyl (C=O) groups is 1. The maximum absolute atomic E-state index is 10.7. The predicted molar refractivity (Wildman–Crippen MR) is 65.5 cm³/mol. The van der Waals surface area contributed by atoms with Crippen molar-refractivity contribution in [2.45, 2.75) is 53.9 Å². The highest BCUT2D eigenvalue weighted by molar-refractivity contribution is 5.75. The van der Waals surface area contributed by atoms with Gasteiger partial charge in [-0.15, -0.1) is 0 Å². The molecule has 0 atom stereocenters. The van der Waals surface area contributed by atoms with E-state index in [0.29, 0.717) is 12.8 Å². The first-order valence-corrected chi connectivity index (χ1v) is 5.74. The van der Waals surface area contributed by atoms with Crippen molar-refractivity contribution in [3.8, 4) is 6.07 Å². The van der Waals surface area contributed by atoms with Crippen molar-refractivity contribution in [2.75, 3.05) is 13.6 Å². The summed E-state index contributed by atoms with van der Waals surface area (Å²) in [6.45, 7) is 10.6. The standard InChI is InChI=1S/C6H13NO.C4H7N.C2H6/c1-4-6(8)7(3)5-2;1-2-3-4-5;1-2/h4-5H2,1-3H3;2-3H2,1H3;1-2H3. The van der Waals surface area contributed by atoms with E-state index in [-0.39, 0.29) is 5.91 Å². The van der Waals surface area contributed by atoms with E-state index in [1.54, 1.807) is 4.90 Å². The fraction of sp³-hybridized carbons (Fsp3) is 0.833. The number of unbranched alkanes of at least 4 members (excludes halogenated alkanes) is 1. The van der Waals surface area contributed by atoms with Crippen molar-refractivity contribution >= 4 is 5.91 Å². The van der Waals surface area contributed by atoms with Gasteiger partial charge in [0.1, 0.15) is 0 Å². The highest BCUT2D eigenvalue weighted by Crippen LogP contribution is 1.86. The Morgan fingerprint density at radius 1 is 1.27 bits per heavy atom. The SMILES string of the molecule is CC.CCC(=O)N(C)CC.CCCC#N. The van der Waals surface area contributed by atoms with Crippen LogP contribution in [0.25, 0.3) is 0 Å². The molecule has 90 valence electrons. The zero-order valence-electron chi connectivity index (χ0n) is 11.1. The van der Waals surface area contributed by atoms with Gasteiger partial charge in [-0.2, -0.15) is 5.26 Å². The van der Waals surface area contributed by atoms with Gasteiger partial charge in [0.15, 0.2) is 0 Å². The van der Waals surface area contributed by atoms with Gasteiger partial charge < -0.3 is 4.90 Å². The summed E-state index contributed by atoms with van der Waals surface area (Å²) < 4.78 is 0. The molecule has 15 heavy (non-hydrogen) atoms. The van der Waals surface area contributed by atoms with Crippen molar-refractivity contribution in [1.29, 1.82) is 5.26 Å². The molecule has 0 heterocycles. The molecule has 0 radical (unpaired) electrons. The van der Waals surface area contributed by atoms with Gasteiger partial charge in [0.25, 0.3) is 0 Å². The molecule has 0 saturated carbocycles. The second kappa shape index (κ2) is 18.7. The van der Waals surface area contributed by atoms with E-state index in [1.165, 1.54) is 0 Å². The first kappa shape index (κ1) is 19.5. The summed E-state index contributed by atoms with van der Waals surface area (Å²) >= 11 is 0. The molecule has 0 unspecified atom stereocenters. The summed E-state index contributed by atoms with van der Waals surface area (Å²) in [5.74, 6) is 0.215. The third kappa shape index (κ3) is 19.4. The molecule has 3 nitrogen and oxygen atoms in total. The molecule has 0 aliphatic rings. The molecule has 0 spiro atoms. The van der Waals surface area contributed by atoms with E-state index in [4.69, 9.17) is 5.26 Å². The summed E-state index contributed by atoms with van der Waals surface area (Å²) in [6.07, 6.45) is 2.29. The number of hydrogen-bond acceptors (Lipinski definition) is 2. The number of hydrogen-bond donors (Lipinski definition) is 0. The van der Waals surface area contributed by atoms with Gasteiger partial charge in [0.05, 0.1) is 6.07 Å². The second-order valence-electron chi connectivity index (χ2n) is 2.67. The van der Waals surface area contributed by atoms with Crippen LogP contribution in [-0.4, -0.2) is 24.4 Å². The molecule has 0 N–H and O–H groups in total. The third-order valence-electron chi connectivity index (χ3n) is 1.56. The molecule has 0 rings (SSSR count). The molecule has 0 aromatic rings. The Bertz CT molecular complexity index is 161. The maximum Gasteiger partial charge on any atom is 0.222 e. The molecule has 0 fully saturated rings. The van der Waals surface area contributed by atoms with Gasteiger partial charge in [0.2, 0.25) is 5.91 Å². The van der Waals surface area contributed by atoms with Crippen molar-refractivity contribution in [3.63, 3.8) is 0 Å². The molecule has 0 saturated heterocycles. The number of nitrogens with zero attached hydrogens (tertiary/aromatic N) is 2. The van der Waals surface area contributed by atoms with Crippen LogP contribution in [-0.2, 0) is 4.79 Å². The molecular weight excluding hydrogens is 188 g/mol. The number of rotatable bonds is 3. The van der Waals surface area contributed by atoms with Crippen molar-refractivity contribution in [3.05, 3.63) is 0 Å². The molecular formula is C12H26N2O. The predicted octanol–water partition coefficient (Wildman–Crippen LogP) is 3.21. The minimum atomic E-state index is 0.215. The van der Waals surface area contributed by atoms with Crippen molar-refractivity contribution in [2.24, 2.45) is 0 Å². The summed E-state index contributed by atoms with van der Waals surface area (Å²) in [5, 5.41) is 7.82. The van der Waals surface area contributed by atoms with E-state index in [2.05, 4.69) is 0 Å². The monoisotopic (exact) mass is 214 g/mol. The molecule has 0 bridgehead atoms. The maximum atomic E-state index is 10.7. The van der Waals surface area contributed by atoms with Crippen LogP contribution in [0.5, 0.6) is 0 Å². The molecule has 0 aliphatic carbocycles. The van der Waals surface area contributed by atoms with Gasteiger partial charge in [-0.25, -0.2) is 0 Å². The highest BCUT2D eigenvalue weighted by atomic mass is 16.2. The Balaban J connectivity index is -0.000000177. The van der Waals surface area contributed by atoms with Crippen LogP contribution in [0, 0.1) is 11.3 Å². The van der Waals surface area contributed by atoms with Crippen LogP contribution in [0.3, 0.4) is 0 Å². The Morgan fingerprint density at radius 3 is 1.80 bits per heavy atom. The third-order valence-corrected chi connectivity index (χ3v) is 1.56. The largest absolute Gasteiger partial charge is 0.346 e. The summed E-state index contributed by atoms with van der Waals surface area (Å²) in [5.41, 5.74) is 0. The quantitative estimate of drug-likeness (QED) is 0.724. The van der Waals surface area contributed by atoms with Crippen LogP contribution in [0.2, 0.25) is 0 Å². The molecule has 0 aromatic heterocycles. The normalized spacial score (nSPS) is 7.27. The van der Waals surface area contributed by atoms with E-state index >= 15 is 0 Å². The Hall–Kier alpha value is -1.04. The van der Waals surface area contributed by atoms with Gasteiger partial charge in [-0.3, -0.25) is 4.79 Å². The summed E-state index contributed by atoms with van der Waals surface area (Å²) in [7, 11) is 1.81. The molecule has 1 amide bonds. The summed E-state index contributed by atoms with van der Waals surface area (Å²) in [6, 6.07) is 2.02. The van der Waals surface area contributed by atoms with E-state index < -0.39 is 0 Å². The minimum Gasteiger partial charge on any atom is -0.346 e. The Labute approximate surface area is 95.1 Å². The lowest BCUT2D eigenvalue weighted by molar-refractivity contribution is -0.129.